The van der Waals surface area contributed by atoms with E-state index in [1.54, 1.807) is 0 Å². The van der Waals surface area contributed by atoms with Gasteiger partial charge in [0.15, 0.2) is 6.29 Å². The van der Waals surface area contributed by atoms with Gasteiger partial charge < -0.3 is 18.9 Å². The summed E-state index contributed by atoms with van der Waals surface area (Å²) in [7, 11) is -7.30. The van der Waals surface area contributed by atoms with Gasteiger partial charge in [-0.25, -0.2) is 8.37 Å². The van der Waals surface area contributed by atoms with Crippen molar-refractivity contribution in [3.05, 3.63) is 12.7 Å². The molecule has 0 spiro atoms. The smallest absolute Gasteiger partial charge is 0.373 e. The largest absolute Gasteiger partial charge is 1.00 e. The van der Waals surface area contributed by atoms with E-state index in [-0.39, 0.29) is 36.2 Å². The van der Waals surface area contributed by atoms with E-state index in [4.69, 9.17) is 28.1 Å². The molecule has 0 aromatic carbocycles. The van der Waals surface area contributed by atoms with Crippen molar-refractivity contribution in [1.29, 1.82) is 0 Å². The molecule has 1 heterocycles. The maximum absolute atomic E-state index is 11.1. The van der Waals surface area contributed by atoms with E-state index in [2.05, 4.69) is 14.9 Å². The summed E-state index contributed by atoms with van der Waals surface area (Å²) in [6.45, 7) is 2.55. The molecule has 0 unspecified atom stereocenters. The van der Waals surface area contributed by atoms with Crippen LogP contribution in [0.3, 0.4) is 0 Å². The van der Waals surface area contributed by atoms with Crippen molar-refractivity contribution in [3.8, 4) is 0 Å². The van der Waals surface area contributed by atoms with Crippen molar-refractivity contribution in [1.82, 2.24) is 0 Å². The molecule has 26 heavy (non-hydrogen) atoms. The van der Waals surface area contributed by atoms with Crippen molar-refractivity contribution >= 4 is 20.8 Å². The zero-order valence-corrected chi connectivity index (χ0v) is 18.0. The Kier molecular flexibility index (Phi) is 11.5. The predicted molar refractivity (Wildman–Crippen MR) is 80.3 cm³/mol. The van der Waals surface area contributed by atoms with Gasteiger partial charge >= 0.3 is 50.4 Å². The first-order valence-electron chi connectivity index (χ1n) is 6.73. The molecule has 15 heteroatoms. The molecule has 0 saturated carbocycles. The van der Waals surface area contributed by atoms with Crippen LogP contribution in [0.5, 0.6) is 0 Å². The Hall–Kier alpha value is 0.320. The molecule has 148 valence electrons. The summed E-state index contributed by atoms with van der Waals surface area (Å²) in [6.07, 6.45) is -4.94. The maximum Gasteiger partial charge on any atom is 1.00 e. The van der Waals surface area contributed by atoms with E-state index in [9.17, 15) is 16.8 Å². The van der Waals surface area contributed by atoms with Crippen LogP contribution in [0.15, 0.2) is 12.7 Å². The average Bonchev–Trinajstić information content (AvgIpc) is 2.49. The Morgan fingerprint density at radius 2 is 1.65 bits per heavy atom. The zero-order valence-electron chi connectivity index (χ0n) is 14.4. The van der Waals surface area contributed by atoms with Crippen LogP contribution in [0.25, 0.3) is 0 Å². The van der Waals surface area contributed by atoms with Crippen LogP contribution in [0.2, 0.25) is 0 Å². The molecule has 2 N–H and O–H groups in total. The van der Waals surface area contributed by atoms with Gasteiger partial charge in [-0.2, -0.15) is 16.8 Å². The van der Waals surface area contributed by atoms with Crippen LogP contribution >= 0.6 is 0 Å². The Bertz CT molecular complexity index is 636. The second kappa shape index (κ2) is 11.4. The zero-order chi connectivity index (χ0) is 19.3. The van der Waals surface area contributed by atoms with Gasteiger partial charge in [0, 0.05) is 14.2 Å². The van der Waals surface area contributed by atoms with E-state index < -0.39 is 58.1 Å². The van der Waals surface area contributed by atoms with E-state index in [0.29, 0.717) is 0 Å². The summed E-state index contributed by atoms with van der Waals surface area (Å²) in [4.78, 5) is 0. The van der Waals surface area contributed by atoms with Gasteiger partial charge in [-0.1, -0.05) is 6.08 Å². The van der Waals surface area contributed by atoms with Crippen molar-refractivity contribution in [3.63, 3.8) is 0 Å². The molecule has 0 aromatic heterocycles. The van der Waals surface area contributed by atoms with Crippen molar-refractivity contribution in [2.75, 3.05) is 27.4 Å². The fraction of sp³-hybridized carbons (Fsp3) is 0.818. The third-order valence-corrected chi connectivity index (χ3v) is 4.02. The van der Waals surface area contributed by atoms with E-state index in [1.165, 1.54) is 20.3 Å². The Morgan fingerprint density at radius 3 is 2.08 bits per heavy atom. The molecular formula is C11H20NaO12S2+. The number of rotatable bonds is 10. The second-order valence-corrected chi connectivity index (χ2v) is 6.91. The molecule has 1 aliphatic rings. The summed E-state index contributed by atoms with van der Waals surface area (Å²) in [5.41, 5.74) is 0. The Balaban J connectivity index is 0.00000625. The van der Waals surface area contributed by atoms with Gasteiger partial charge in [-0.3, -0.25) is 9.11 Å². The van der Waals surface area contributed by atoms with Gasteiger partial charge in [0.05, 0.1) is 13.2 Å². The first-order chi connectivity index (χ1) is 11.5. The predicted octanol–water partition coefficient (Wildman–Crippen LogP) is -4.04. The number of hydrogen-bond donors (Lipinski definition) is 2. The van der Waals surface area contributed by atoms with Crippen LogP contribution in [0.1, 0.15) is 0 Å². The van der Waals surface area contributed by atoms with Crippen LogP contribution < -0.4 is 29.6 Å². The van der Waals surface area contributed by atoms with Gasteiger partial charge in [0.1, 0.15) is 24.4 Å². The Morgan fingerprint density at radius 1 is 1.04 bits per heavy atom. The van der Waals surface area contributed by atoms with Crippen LogP contribution in [0.4, 0.5) is 0 Å². The molecule has 0 radical (unpaired) electrons. The molecule has 1 fully saturated rings. The fourth-order valence-electron chi connectivity index (χ4n) is 2.23. The molecule has 0 aliphatic carbocycles. The van der Waals surface area contributed by atoms with Gasteiger partial charge in [-0.05, 0) is 0 Å². The molecule has 0 amide bonds. The fourth-order valence-corrected chi connectivity index (χ4v) is 3.05. The molecule has 5 atom stereocenters. The van der Waals surface area contributed by atoms with E-state index in [1.807, 2.05) is 0 Å². The summed E-state index contributed by atoms with van der Waals surface area (Å²) in [5.74, 6) is 0. The molecule has 1 saturated heterocycles. The Labute approximate surface area is 173 Å². The van der Waals surface area contributed by atoms with Crippen molar-refractivity contribution in [2.45, 2.75) is 30.7 Å². The van der Waals surface area contributed by atoms with Crippen LogP contribution in [-0.2, 0) is 48.1 Å². The van der Waals surface area contributed by atoms with Crippen molar-refractivity contribution < 1.29 is 82.8 Å². The monoisotopic (exact) mass is 431 g/mol. The molecular weight excluding hydrogens is 411 g/mol. The standard InChI is InChI=1S/C11H20O12S2.Na/c1-4-5-20-9-8(23-25(15,16)17)7(6-21-24(12,13)14)22-11(19-3)10(9)18-2;/h4,7-11H,1,5-6H2,2-3H3,(H,12,13,14)(H,15,16,17);/q;+1/t7-,8-,9+,10+,11+;/m1./s1. The topological polar surface area (TPSA) is 164 Å². The summed E-state index contributed by atoms with van der Waals surface area (Å²) in [6, 6.07) is 0. The van der Waals surface area contributed by atoms with Gasteiger partial charge in [0.25, 0.3) is 0 Å². The number of ether oxygens (including phenoxy) is 4. The summed E-state index contributed by atoms with van der Waals surface area (Å²) >= 11 is 0. The average molecular weight is 431 g/mol. The second-order valence-electron chi connectivity index (χ2n) is 4.77. The minimum Gasteiger partial charge on any atom is -0.373 e. The SMILES string of the molecule is C=CCO[C@@H]1[C@H](OC)[C@@H](OC)O[C@H](COS(=O)(=O)O)[C@H]1OS(=O)(=O)O.[Na+]. The minimum atomic E-state index is -4.97. The molecule has 0 aromatic rings. The first-order valence-corrected chi connectivity index (χ1v) is 9.46. The van der Waals surface area contributed by atoms with Crippen LogP contribution in [0, 0.1) is 0 Å². The summed E-state index contributed by atoms with van der Waals surface area (Å²) < 4.78 is 91.2. The minimum absolute atomic E-state index is 0. The molecule has 12 nitrogen and oxygen atoms in total. The number of hydrogen-bond acceptors (Lipinski definition) is 10. The van der Waals surface area contributed by atoms with Gasteiger partial charge in [-0.15, -0.1) is 6.58 Å². The van der Waals surface area contributed by atoms with E-state index >= 15 is 0 Å². The van der Waals surface area contributed by atoms with Gasteiger partial charge in [0.2, 0.25) is 0 Å². The van der Waals surface area contributed by atoms with Crippen LogP contribution in [-0.4, -0.2) is 84.1 Å². The first kappa shape index (κ1) is 26.3. The third kappa shape index (κ3) is 8.55. The third-order valence-electron chi connectivity index (χ3n) is 3.12. The number of methoxy groups -OCH3 is 2. The normalized spacial score (nSPS) is 29.8. The molecule has 1 aliphatic heterocycles. The summed E-state index contributed by atoms with van der Waals surface area (Å²) in [5, 5.41) is 0. The van der Waals surface area contributed by atoms with Crippen molar-refractivity contribution in [2.24, 2.45) is 0 Å². The molecule has 0 bridgehead atoms. The quantitative estimate of drug-likeness (QED) is 0.196. The maximum atomic E-state index is 11.1. The molecule has 1 rings (SSSR count). The van der Waals surface area contributed by atoms with E-state index in [0.717, 1.165) is 0 Å².